The van der Waals surface area contributed by atoms with Crippen LogP contribution in [0.3, 0.4) is 0 Å². The third-order valence-electron chi connectivity index (χ3n) is 10.7. The molecule has 2 heterocycles. The number of aromatic amines is 1. The molecule has 4 aromatic rings. The number of ether oxygens (including phenoxy) is 1. The Morgan fingerprint density at radius 2 is 1.54 bits per heavy atom. The summed E-state index contributed by atoms with van der Waals surface area (Å²) in [4.78, 5) is 74.2. The van der Waals surface area contributed by atoms with Crippen molar-refractivity contribution < 1.29 is 56.9 Å². The van der Waals surface area contributed by atoms with E-state index in [0.29, 0.717) is 56.6 Å². The van der Waals surface area contributed by atoms with Crippen molar-refractivity contribution in [3.63, 3.8) is 0 Å². The van der Waals surface area contributed by atoms with Crippen LogP contribution in [0.1, 0.15) is 75.2 Å². The number of likely N-dealkylation sites (tertiary alicyclic amines) is 1. The maximum absolute atomic E-state index is 13.9. The smallest absolute Gasteiger partial charge is 0.475 e. The molecule has 1 saturated carbocycles. The number of piperidine rings is 1. The van der Waals surface area contributed by atoms with Crippen LogP contribution < -0.4 is 21.3 Å². The molecule has 2 fully saturated rings. The molecule has 1 aliphatic carbocycles. The van der Waals surface area contributed by atoms with Gasteiger partial charge in [0.2, 0.25) is 11.8 Å². The van der Waals surface area contributed by atoms with Crippen LogP contribution in [-0.2, 0) is 25.5 Å². The molecule has 7 N–H and O–H groups in total. The molecule has 2 aliphatic rings. The van der Waals surface area contributed by atoms with Crippen LogP contribution in [0.4, 0.5) is 28.4 Å². The molecule has 0 spiro atoms. The van der Waals surface area contributed by atoms with E-state index < -0.39 is 36.0 Å². The lowest BCUT2D eigenvalue weighted by atomic mass is 9.81. The molecule has 0 unspecified atom stereocenters. The topological polar surface area (TPSA) is 232 Å². The Bertz CT molecular complexity index is 2240. The molecule has 6 rings (SSSR count). The quantitative estimate of drug-likeness (QED) is 0.0839. The fraction of sp³-hybridized carbons (Fsp3) is 0.432. The van der Waals surface area contributed by atoms with Gasteiger partial charge >= 0.3 is 24.3 Å². The van der Waals surface area contributed by atoms with Gasteiger partial charge in [-0.3, -0.25) is 19.5 Å². The average molecular weight is 880 g/mol. The Hall–Kier alpha value is -6.66. The highest BCUT2D eigenvalue weighted by Gasteiger charge is 2.38. The number of hydrogen-bond acceptors (Lipinski definition) is 8. The number of amides is 5. The second-order valence-electron chi connectivity index (χ2n) is 16.6. The lowest BCUT2D eigenvalue weighted by Gasteiger charge is -2.30. The number of halogens is 3. The summed E-state index contributed by atoms with van der Waals surface area (Å²) in [5.41, 5.74) is 3.91. The summed E-state index contributed by atoms with van der Waals surface area (Å²) in [7, 11) is 0. The van der Waals surface area contributed by atoms with Crippen molar-refractivity contribution >= 4 is 52.5 Å². The lowest BCUT2D eigenvalue weighted by Crippen LogP contribution is -2.48. The normalized spacial score (nSPS) is 17.3. The summed E-state index contributed by atoms with van der Waals surface area (Å²) in [6.07, 6.45) is -0.568. The number of alkyl carbamates (subject to hydrolysis) is 1. The van der Waals surface area contributed by atoms with Crippen LogP contribution in [0, 0.1) is 11.8 Å². The summed E-state index contributed by atoms with van der Waals surface area (Å²) < 4.78 is 37.1. The average Bonchev–Trinajstić information content (AvgIpc) is 3.71. The van der Waals surface area contributed by atoms with Gasteiger partial charge in [-0.2, -0.15) is 18.3 Å². The van der Waals surface area contributed by atoms with Crippen LogP contribution in [0.5, 0.6) is 0 Å². The Kier molecular flexibility index (Phi) is 15.8. The van der Waals surface area contributed by atoms with E-state index in [2.05, 4.69) is 31.5 Å². The Morgan fingerprint density at radius 3 is 2.16 bits per heavy atom. The molecule has 1 aromatic heterocycles. The summed E-state index contributed by atoms with van der Waals surface area (Å²) in [6.45, 7) is 6.72. The summed E-state index contributed by atoms with van der Waals surface area (Å²) in [5, 5.41) is 36.1. The number of carbonyl (C=O) groups is 6. The third kappa shape index (κ3) is 14.5. The highest BCUT2D eigenvalue weighted by molar-refractivity contribution is 5.99. The first-order valence-corrected chi connectivity index (χ1v) is 20.5. The van der Waals surface area contributed by atoms with Crippen molar-refractivity contribution in [1.29, 1.82) is 0 Å². The van der Waals surface area contributed by atoms with Crippen LogP contribution in [0.15, 0.2) is 72.9 Å². The molecule has 5 amide bonds. The minimum absolute atomic E-state index is 0.0865. The molecule has 1 aliphatic heterocycles. The number of H-pyrrole nitrogens is 1. The van der Waals surface area contributed by atoms with E-state index >= 15 is 0 Å². The molecule has 63 heavy (non-hydrogen) atoms. The van der Waals surface area contributed by atoms with Gasteiger partial charge in [0.15, 0.2) is 0 Å². The maximum atomic E-state index is 13.9. The van der Waals surface area contributed by atoms with Gasteiger partial charge < -0.3 is 41.1 Å². The monoisotopic (exact) mass is 879 g/mol. The number of nitrogens with one attached hydrogen (secondary N) is 5. The Morgan fingerprint density at radius 1 is 0.873 bits per heavy atom. The zero-order valence-electron chi connectivity index (χ0n) is 35.1. The Labute approximate surface area is 361 Å². The van der Waals surface area contributed by atoms with Crippen LogP contribution >= 0.6 is 0 Å². The molecule has 0 bridgehead atoms. The van der Waals surface area contributed by atoms with Crippen LogP contribution in [-0.4, -0.2) is 105 Å². The number of hydrogen-bond donors (Lipinski definition) is 7. The third-order valence-corrected chi connectivity index (χ3v) is 10.7. The molecule has 1 atom stereocenters. The van der Waals surface area contributed by atoms with Gasteiger partial charge in [-0.05, 0) is 112 Å². The first-order chi connectivity index (χ1) is 29.7. The predicted molar refractivity (Wildman–Crippen MR) is 226 cm³/mol. The van der Waals surface area contributed by atoms with Gasteiger partial charge in [-0.15, -0.1) is 0 Å². The molecular weight excluding hydrogens is 828 g/mol. The zero-order valence-corrected chi connectivity index (χ0v) is 35.1. The van der Waals surface area contributed by atoms with E-state index in [-0.39, 0.29) is 42.0 Å². The summed E-state index contributed by atoms with van der Waals surface area (Å²) in [6, 6.07) is 19.6. The van der Waals surface area contributed by atoms with Crippen LogP contribution in [0.2, 0.25) is 0 Å². The first kappa shape index (κ1) is 47.4. The van der Waals surface area contributed by atoms with Gasteiger partial charge in [0, 0.05) is 54.7 Å². The number of carbonyl (C=O) groups excluding carboxylic acids is 4. The maximum Gasteiger partial charge on any atom is 0.490 e. The van der Waals surface area contributed by atoms with Crippen molar-refractivity contribution in [2.45, 2.75) is 89.6 Å². The minimum Gasteiger partial charge on any atom is -0.475 e. The fourth-order valence-corrected chi connectivity index (χ4v) is 7.33. The fourth-order valence-electron chi connectivity index (χ4n) is 7.33. The van der Waals surface area contributed by atoms with E-state index in [4.69, 9.17) is 14.6 Å². The predicted octanol–water partition coefficient (Wildman–Crippen LogP) is 6.73. The Balaban J connectivity index is 0.000000985. The summed E-state index contributed by atoms with van der Waals surface area (Å²) in [5.74, 6) is -3.51. The minimum atomic E-state index is -5.08. The molecule has 19 heteroatoms. The standard InChI is InChI=1S/C42H51N7O7.C2HF3O2/c1-42(2,3)56-40(53)43-24-26-7-9-29(10-8-26)38(51)47-36(39(52)46-34-16-15-32-25-44-48-35(32)23-34)22-27-5-4-6-31(21-27)28-11-13-30(14-12-28)37(50)45-33-17-19-49(20-18-33)41(54)55;3-2(4,5)1(6)7/h4-6,11-16,21,23,25-26,29,33,36H,7-10,17-20,22,24H2,1-3H3,(H,43,53)(H,44,48)(H,45,50)(H,46,52)(H,47,51)(H,54,55);(H,6,7)/t26-,29-,36-;/m0./s1. The number of carboxylic acids is 1. The first-order valence-electron chi connectivity index (χ1n) is 20.5. The van der Waals surface area contributed by atoms with E-state index in [1.165, 1.54) is 4.90 Å². The van der Waals surface area contributed by atoms with Crippen molar-refractivity contribution in [3.05, 3.63) is 84.1 Å². The SMILES string of the molecule is CC(C)(C)OC(=O)NC[C@H]1CC[C@H](C(=O)N[C@@H](Cc2cccc(-c3ccc(C(=O)NC4CCN(C(=O)O)CC4)cc3)c2)C(=O)Nc2ccc3cn[nH]c3c2)CC1.O=C(O)C(F)(F)F. The van der Waals surface area contributed by atoms with Gasteiger partial charge in [-0.1, -0.05) is 36.4 Å². The molecule has 0 radical (unpaired) electrons. The zero-order chi connectivity index (χ0) is 45.9. The number of benzene rings is 3. The largest absolute Gasteiger partial charge is 0.490 e. The number of rotatable bonds is 11. The molecular formula is C44H52F3N7O9. The molecule has 1 saturated heterocycles. The van der Waals surface area contributed by atoms with Gasteiger partial charge in [-0.25, -0.2) is 14.4 Å². The highest BCUT2D eigenvalue weighted by atomic mass is 19.4. The number of alkyl halides is 3. The second-order valence-corrected chi connectivity index (χ2v) is 16.6. The number of nitrogens with zero attached hydrogens (tertiary/aromatic N) is 2. The highest BCUT2D eigenvalue weighted by Crippen LogP contribution is 2.29. The number of fused-ring (bicyclic) bond motifs is 1. The van der Waals surface area contributed by atoms with Gasteiger partial charge in [0.25, 0.3) is 5.91 Å². The van der Waals surface area contributed by atoms with Crippen molar-refractivity contribution in [2.24, 2.45) is 11.8 Å². The molecule has 338 valence electrons. The van der Waals surface area contributed by atoms with Gasteiger partial charge in [0.05, 0.1) is 11.7 Å². The van der Waals surface area contributed by atoms with Crippen molar-refractivity contribution in [3.8, 4) is 11.1 Å². The van der Waals surface area contributed by atoms with Gasteiger partial charge in [0.1, 0.15) is 11.6 Å². The molecule has 16 nitrogen and oxygen atoms in total. The number of carboxylic acid groups (broad SMARTS) is 2. The number of aliphatic carboxylic acids is 1. The van der Waals surface area contributed by atoms with Crippen molar-refractivity contribution in [1.82, 2.24) is 31.0 Å². The van der Waals surface area contributed by atoms with Crippen molar-refractivity contribution in [2.75, 3.05) is 25.0 Å². The van der Waals surface area contributed by atoms with Crippen LogP contribution in [0.25, 0.3) is 22.0 Å². The molecule has 3 aromatic carbocycles. The summed E-state index contributed by atoms with van der Waals surface area (Å²) >= 11 is 0. The van der Waals surface area contributed by atoms with E-state index in [1.807, 2.05) is 63.2 Å². The number of anilines is 1. The number of aromatic nitrogens is 2. The van der Waals surface area contributed by atoms with E-state index in [9.17, 15) is 42.3 Å². The second kappa shape index (κ2) is 20.9. The lowest BCUT2D eigenvalue weighted by molar-refractivity contribution is -0.192. The van der Waals surface area contributed by atoms with E-state index in [0.717, 1.165) is 40.4 Å². The van der Waals surface area contributed by atoms with E-state index in [1.54, 1.807) is 30.5 Å².